The van der Waals surface area contributed by atoms with E-state index in [2.05, 4.69) is 31.0 Å². The molecule has 0 N–H and O–H groups in total. The lowest BCUT2D eigenvalue weighted by atomic mass is 9.77. The van der Waals surface area contributed by atoms with Gasteiger partial charge in [-0.05, 0) is 66.8 Å². The van der Waals surface area contributed by atoms with E-state index in [1.54, 1.807) is 6.07 Å². The Morgan fingerprint density at radius 3 is 2.06 bits per heavy atom. The minimum Gasteiger partial charge on any atom is -0.256 e. The van der Waals surface area contributed by atoms with E-state index in [1.165, 1.54) is 95.5 Å². The molecule has 0 spiro atoms. The van der Waals surface area contributed by atoms with Crippen molar-refractivity contribution in [3.05, 3.63) is 53.5 Å². The Balaban J connectivity index is 1.41. The van der Waals surface area contributed by atoms with Crippen LogP contribution < -0.4 is 0 Å². The summed E-state index contributed by atoms with van der Waals surface area (Å²) in [5, 5.41) is 0. The Kier molecular flexibility index (Phi) is 11.4. The van der Waals surface area contributed by atoms with E-state index in [1.807, 2.05) is 18.3 Å². The number of hydrogen-bond donors (Lipinski definition) is 0. The molecule has 2 aromatic rings. The van der Waals surface area contributed by atoms with Crippen LogP contribution in [0.25, 0.3) is 11.3 Å². The van der Waals surface area contributed by atoms with Crippen LogP contribution in [-0.2, 0) is 12.8 Å². The standard InChI is InChI=1S/C31H46FN/c1-3-5-7-8-10-11-25-13-15-26(16-14-25)17-18-27-19-21-29(30(32)23-27)31-22-20-28(24-33-31)12-9-6-4-2/h19-26H,3-18H2,1-2H3. The van der Waals surface area contributed by atoms with E-state index in [0.29, 0.717) is 5.56 Å². The van der Waals surface area contributed by atoms with Crippen molar-refractivity contribution in [2.24, 2.45) is 11.8 Å². The highest BCUT2D eigenvalue weighted by Crippen LogP contribution is 2.34. The molecule has 0 bridgehead atoms. The third-order valence-corrected chi connectivity index (χ3v) is 7.73. The van der Waals surface area contributed by atoms with Gasteiger partial charge in [0.05, 0.1) is 5.69 Å². The highest BCUT2D eigenvalue weighted by atomic mass is 19.1. The first-order valence-electron chi connectivity index (χ1n) is 13.9. The Morgan fingerprint density at radius 1 is 0.727 bits per heavy atom. The van der Waals surface area contributed by atoms with Crippen LogP contribution in [0.15, 0.2) is 36.5 Å². The molecule has 182 valence electrons. The Hall–Kier alpha value is -1.70. The normalized spacial score (nSPS) is 18.5. The molecule has 1 aromatic heterocycles. The molecule has 0 radical (unpaired) electrons. The fourth-order valence-electron chi connectivity index (χ4n) is 5.45. The number of unbranched alkanes of at least 4 members (excludes halogenated alkanes) is 6. The lowest BCUT2D eigenvalue weighted by Gasteiger charge is -2.28. The fraction of sp³-hybridized carbons (Fsp3) is 0.645. The lowest BCUT2D eigenvalue weighted by molar-refractivity contribution is 0.248. The van der Waals surface area contributed by atoms with Gasteiger partial charge in [-0.3, -0.25) is 4.98 Å². The van der Waals surface area contributed by atoms with Crippen LogP contribution in [0.4, 0.5) is 4.39 Å². The van der Waals surface area contributed by atoms with Crippen LogP contribution in [0.3, 0.4) is 0 Å². The number of aryl methyl sites for hydroxylation is 2. The van der Waals surface area contributed by atoms with Gasteiger partial charge in [-0.2, -0.15) is 0 Å². The van der Waals surface area contributed by atoms with Gasteiger partial charge < -0.3 is 0 Å². The number of halogens is 1. The third kappa shape index (κ3) is 8.87. The van der Waals surface area contributed by atoms with Crippen LogP contribution in [0.5, 0.6) is 0 Å². The molecule has 0 aliphatic heterocycles. The minimum atomic E-state index is -0.134. The zero-order valence-electron chi connectivity index (χ0n) is 21.3. The largest absolute Gasteiger partial charge is 0.256 e. The van der Waals surface area contributed by atoms with Crippen LogP contribution in [-0.4, -0.2) is 4.98 Å². The number of benzene rings is 1. The quantitative estimate of drug-likeness (QED) is 0.260. The average Bonchev–Trinajstić information content (AvgIpc) is 2.84. The summed E-state index contributed by atoms with van der Waals surface area (Å²) in [6.07, 6.45) is 22.8. The third-order valence-electron chi connectivity index (χ3n) is 7.73. The molecule has 0 atom stereocenters. The number of rotatable bonds is 14. The molecule has 1 aliphatic carbocycles. The molecule has 1 nitrogen and oxygen atoms in total. The SMILES string of the molecule is CCCCCCCC1CCC(CCc2ccc(-c3ccc(CCCCC)cn3)c(F)c2)CC1. The van der Waals surface area contributed by atoms with Crippen LogP contribution in [0.2, 0.25) is 0 Å². The summed E-state index contributed by atoms with van der Waals surface area (Å²) in [6.45, 7) is 4.50. The van der Waals surface area contributed by atoms with Crippen LogP contribution in [0.1, 0.15) is 115 Å². The maximum atomic E-state index is 14.9. The summed E-state index contributed by atoms with van der Waals surface area (Å²) in [5.74, 6) is 1.65. The van der Waals surface area contributed by atoms with Gasteiger partial charge >= 0.3 is 0 Å². The number of hydrogen-bond acceptors (Lipinski definition) is 1. The smallest absolute Gasteiger partial charge is 0.132 e. The fourth-order valence-corrected chi connectivity index (χ4v) is 5.45. The summed E-state index contributed by atoms with van der Waals surface area (Å²) in [7, 11) is 0. The summed E-state index contributed by atoms with van der Waals surface area (Å²) in [6, 6.07) is 9.86. The van der Waals surface area contributed by atoms with Crippen molar-refractivity contribution in [2.45, 2.75) is 117 Å². The molecule has 1 fully saturated rings. The predicted molar refractivity (Wildman–Crippen MR) is 140 cm³/mol. The van der Waals surface area contributed by atoms with Crippen LogP contribution in [0, 0.1) is 17.7 Å². The molecule has 0 unspecified atom stereocenters. The summed E-state index contributed by atoms with van der Waals surface area (Å²) >= 11 is 0. The first-order valence-corrected chi connectivity index (χ1v) is 13.9. The molecule has 1 saturated carbocycles. The zero-order chi connectivity index (χ0) is 23.3. The Bertz CT molecular complexity index is 789. The zero-order valence-corrected chi connectivity index (χ0v) is 21.3. The van der Waals surface area contributed by atoms with E-state index in [0.717, 1.165) is 35.9 Å². The van der Waals surface area contributed by atoms with Gasteiger partial charge in [-0.1, -0.05) is 103 Å². The van der Waals surface area contributed by atoms with E-state index in [9.17, 15) is 4.39 Å². The van der Waals surface area contributed by atoms with Gasteiger partial charge in [0.25, 0.3) is 0 Å². The molecule has 0 amide bonds. The highest BCUT2D eigenvalue weighted by molar-refractivity contribution is 5.60. The molecule has 0 saturated heterocycles. The summed E-state index contributed by atoms with van der Waals surface area (Å²) in [4.78, 5) is 4.54. The van der Waals surface area contributed by atoms with Gasteiger partial charge in [-0.15, -0.1) is 0 Å². The Labute approximate surface area is 202 Å². The molecular formula is C31H46FN. The Morgan fingerprint density at radius 2 is 1.39 bits per heavy atom. The second-order valence-corrected chi connectivity index (χ2v) is 10.5. The van der Waals surface area contributed by atoms with E-state index < -0.39 is 0 Å². The first kappa shape index (κ1) is 25.9. The highest BCUT2D eigenvalue weighted by Gasteiger charge is 2.21. The number of aromatic nitrogens is 1. The predicted octanol–water partition coefficient (Wildman–Crippen LogP) is 9.72. The van der Waals surface area contributed by atoms with E-state index in [-0.39, 0.29) is 5.82 Å². The van der Waals surface area contributed by atoms with Gasteiger partial charge in [0.2, 0.25) is 0 Å². The molecule has 2 heteroatoms. The average molecular weight is 452 g/mol. The van der Waals surface area contributed by atoms with E-state index in [4.69, 9.17) is 0 Å². The van der Waals surface area contributed by atoms with Crippen molar-refractivity contribution in [3.8, 4) is 11.3 Å². The van der Waals surface area contributed by atoms with Crippen molar-refractivity contribution < 1.29 is 4.39 Å². The molecule has 1 aliphatic rings. The van der Waals surface area contributed by atoms with Gasteiger partial charge in [-0.25, -0.2) is 4.39 Å². The van der Waals surface area contributed by atoms with Gasteiger partial charge in [0.1, 0.15) is 5.82 Å². The topological polar surface area (TPSA) is 12.9 Å². The van der Waals surface area contributed by atoms with Crippen molar-refractivity contribution in [1.82, 2.24) is 4.98 Å². The van der Waals surface area contributed by atoms with E-state index >= 15 is 0 Å². The summed E-state index contributed by atoms with van der Waals surface area (Å²) < 4.78 is 14.9. The first-order chi connectivity index (χ1) is 16.2. The van der Waals surface area contributed by atoms with Crippen molar-refractivity contribution in [2.75, 3.05) is 0 Å². The maximum absolute atomic E-state index is 14.9. The van der Waals surface area contributed by atoms with Crippen molar-refractivity contribution in [1.29, 1.82) is 0 Å². The second kappa shape index (κ2) is 14.5. The molecule has 33 heavy (non-hydrogen) atoms. The number of pyridine rings is 1. The minimum absolute atomic E-state index is 0.134. The van der Waals surface area contributed by atoms with Crippen LogP contribution >= 0.6 is 0 Å². The van der Waals surface area contributed by atoms with Crippen molar-refractivity contribution >= 4 is 0 Å². The molecular weight excluding hydrogens is 405 g/mol. The monoisotopic (exact) mass is 451 g/mol. The van der Waals surface area contributed by atoms with Gasteiger partial charge in [0.15, 0.2) is 0 Å². The number of nitrogens with zero attached hydrogens (tertiary/aromatic N) is 1. The molecule has 1 heterocycles. The molecule has 3 rings (SSSR count). The van der Waals surface area contributed by atoms with Gasteiger partial charge in [0, 0.05) is 11.8 Å². The van der Waals surface area contributed by atoms with Crippen molar-refractivity contribution in [3.63, 3.8) is 0 Å². The molecule has 1 aromatic carbocycles. The lowest BCUT2D eigenvalue weighted by Crippen LogP contribution is -2.15. The maximum Gasteiger partial charge on any atom is 0.132 e. The summed E-state index contributed by atoms with van der Waals surface area (Å²) in [5.41, 5.74) is 3.74. The second-order valence-electron chi connectivity index (χ2n) is 10.5.